The van der Waals surface area contributed by atoms with Crippen LogP contribution in [-0.4, -0.2) is 35.6 Å². The number of carbonyl (C=O) groups excluding carboxylic acids is 5. The third kappa shape index (κ3) is 3.40. The molecule has 36 heavy (non-hydrogen) atoms. The van der Waals surface area contributed by atoms with Gasteiger partial charge in [-0.05, 0) is 48.9 Å². The Labute approximate surface area is 211 Å². The number of esters is 1. The molecule has 0 aliphatic carbocycles. The van der Waals surface area contributed by atoms with Crippen LogP contribution < -0.4 is 26.0 Å². The Bertz CT molecular complexity index is 1340. The van der Waals surface area contributed by atoms with Crippen LogP contribution in [0.2, 0.25) is 5.02 Å². The summed E-state index contributed by atoms with van der Waals surface area (Å²) in [5.41, 5.74) is 6.06. The van der Waals surface area contributed by atoms with Crippen LogP contribution in [0.1, 0.15) is 30.9 Å². The van der Waals surface area contributed by atoms with Gasteiger partial charge in [-0.1, -0.05) is 11.6 Å². The van der Waals surface area contributed by atoms with Crippen LogP contribution in [-0.2, 0) is 29.5 Å². The van der Waals surface area contributed by atoms with Crippen molar-refractivity contribution >= 4 is 52.6 Å². The molecule has 2 saturated heterocycles. The van der Waals surface area contributed by atoms with E-state index in [0.29, 0.717) is 27.5 Å². The molecule has 1 spiro atoms. The van der Waals surface area contributed by atoms with Crippen molar-refractivity contribution in [2.45, 2.75) is 38.3 Å². The van der Waals surface area contributed by atoms with E-state index in [-0.39, 0.29) is 18.6 Å². The molecule has 0 bridgehead atoms. The number of benzene rings is 2. The first-order valence-corrected chi connectivity index (χ1v) is 11.9. The quantitative estimate of drug-likeness (QED) is 0.306. The van der Waals surface area contributed by atoms with Crippen molar-refractivity contribution in [1.82, 2.24) is 0 Å². The number of anilines is 2. The molecule has 0 saturated carbocycles. The third-order valence-corrected chi connectivity index (χ3v) is 7.73. The van der Waals surface area contributed by atoms with Gasteiger partial charge in [0.2, 0.25) is 23.3 Å². The third-order valence-electron chi connectivity index (χ3n) is 7.32. The Morgan fingerprint density at radius 1 is 1.14 bits per heavy atom. The van der Waals surface area contributed by atoms with Crippen LogP contribution in [0.4, 0.5) is 11.4 Å². The maximum atomic E-state index is 13.9. The van der Waals surface area contributed by atoms with Gasteiger partial charge in [0.25, 0.3) is 5.91 Å². The highest BCUT2D eigenvalue weighted by molar-refractivity contribution is 6.32. The first kappa shape index (κ1) is 24.0. The first-order valence-electron chi connectivity index (χ1n) is 11.5. The lowest BCUT2D eigenvalue weighted by Gasteiger charge is -2.26. The molecule has 2 fully saturated rings. The maximum Gasteiger partial charge on any atom is 0.308 e. The minimum atomic E-state index is -1.39. The second-order valence-corrected chi connectivity index (χ2v) is 9.76. The van der Waals surface area contributed by atoms with Crippen LogP contribution in [0.5, 0.6) is 5.75 Å². The molecule has 0 aromatic heterocycles. The second kappa shape index (κ2) is 8.42. The van der Waals surface area contributed by atoms with E-state index >= 15 is 0 Å². The number of amides is 4. The number of imide groups is 1. The summed E-state index contributed by atoms with van der Waals surface area (Å²) in [4.78, 5) is 65.1. The smallest absolute Gasteiger partial charge is 0.308 e. The topological polar surface area (TPSA) is 152 Å². The van der Waals surface area contributed by atoms with Crippen LogP contribution in [0, 0.1) is 18.8 Å². The number of ether oxygens (including phenoxy) is 1. The number of halogens is 1. The number of rotatable bonds is 5. The fourth-order valence-electron chi connectivity index (χ4n) is 5.81. The highest BCUT2D eigenvalue weighted by atomic mass is 35.5. The Hall–Kier alpha value is -3.76. The zero-order valence-corrected chi connectivity index (χ0v) is 20.3. The fraction of sp³-hybridized carbons (Fsp3) is 0.320. The van der Waals surface area contributed by atoms with E-state index in [1.54, 1.807) is 24.4 Å². The molecule has 0 radical (unpaired) electrons. The summed E-state index contributed by atoms with van der Waals surface area (Å²) >= 11 is 6.29. The van der Waals surface area contributed by atoms with Gasteiger partial charge in [0, 0.05) is 30.4 Å². The van der Waals surface area contributed by atoms with Gasteiger partial charge in [-0.3, -0.25) is 24.0 Å². The maximum absolute atomic E-state index is 13.9. The summed E-state index contributed by atoms with van der Waals surface area (Å²) in [7, 11) is 0. The molecular weight excluding hydrogens is 488 g/mol. The molecule has 5 rings (SSSR count). The van der Waals surface area contributed by atoms with Crippen molar-refractivity contribution in [1.29, 1.82) is 0 Å². The molecule has 4 atom stereocenters. The number of hydrogen-bond donors (Lipinski definition) is 3. The summed E-state index contributed by atoms with van der Waals surface area (Å²) < 4.78 is 5.04. The zero-order valence-electron chi connectivity index (χ0n) is 19.5. The van der Waals surface area contributed by atoms with Crippen molar-refractivity contribution in [3.63, 3.8) is 0 Å². The number of quaternary nitrogens is 1. The van der Waals surface area contributed by atoms with Gasteiger partial charge in [-0.25, -0.2) is 4.90 Å². The molecule has 3 aliphatic rings. The average molecular weight is 512 g/mol. The molecule has 0 unspecified atom stereocenters. The van der Waals surface area contributed by atoms with Gasteiger partial charge >= 0.3 is 5.97 Å². The van der Waals surface area contributed by atoms with E-state index in [2.05, 4.69) is 5.32 Å². The lowest BCUT2D eigenvalue weighted by atomic mass is 9.76. The lowest BCUT2D eigenvalue weighted by Crippen LogP contribution is -2.99. The minimum Gasteiger partial charge on any atom is -0.427 e. The predicted octanol–water partition coefficient (Wildman–Crippen LogP) is 0.738. The Morgan fingerprint density at radius 2 is 1.83 bits per heavy atom. The van der Waals surface area contributed by atoms with Gasteiger partial charge in [-0.15, -0.1) is 0 Å². The van der Waals surface area contributed by atoms with Gasteiger partial charge in [0.15, 0.2) is 0 Å². The monoisotopic (exact) mass is 511 g/mol. The lowest BCUT2D eigenvalue weighted by molar-refractivity contribution is -0.733. The molecule has 11 heteroatoms. The van der Waals surface area contributed by atoms with E-state index in [9.17, 15) is 24.0 Å². The van der Waals surface area contributed by atoms with E-state index < -0.39 is 53.0 Å². The van der Waals surface area contributed by atoms with Crippen LogP contribution in [0.15, 0.2) is 36.4 Å². The molecular formula is C25H24ClN4O6+. The highest BCUT2D eigenvalue weighted by Crippen LogP contribution is 2.51. The van der Waals surface area contributed by atoms with E-state index in [4.69, 9.17) is 22.1 Å². The number of nitrogens with one attached hydrogen (secondary N) is 1. The summed E-state index contributed by atoms with van der Waals surface area (Å²) in [5, 5.41) is 5.09. The average Bonchev–Trinajstić information content (AvgIpc) is 3.40. The molecule has 2 aromatic carbocycles. The number of fused-ring (bicyclic) bond motifs is 4. The predicted molar refractivity (Wildman–Crippen MR) is 128 cm³/mol. The number of primary amides is 1. The summed E-state index contributed by atoms with van der Waals surface area (Å²) in [6, 6.07) is 8.84. The van der Waals surface area contributed by atoms with Crippen molar-refractivity contribution in [3.8, 4) is 5.75 Å². The first-order chi connectivity index (χ1) is 17.1. The van der Waals surface area contributed by atoms with Gasteiger partial charge in [0.1, 0.15) is 23.6 Å². The van der Waals surface area contributed by atoms with Gasteiger partial charge < -0.3 is 21.1 Å². The summed E-state index contributed by atoms with van der Waals surface area (Å²) in [5.74, 6) is -4.00. The number of nitrogens with zero attached hydrogens (tertiary/aromatic N) is 1. The van der Waals surface area contributed by atoms with Crippen molar-refractivity contribution in [3.05, 3.63) is 52.5 Å². The van der Waals surface area contributed by atoms with Gasteiger partial charge in [-0.2, -0.15) is 0 Å². The SMILES string of the molecule is CC(=O)Oc1ccc(N2C(=O)[C@@H]3[C@H](CCC(N)=O)[NH2+][C@@]4(C(=O)Nc5c4ccc(Cl)c5C)[C@@H]3C2=O)cc1. The van der Waals surface area contributed by atoms with E-state index in [1.807, 2.05) is 0 Å². The largest absolute Gasteiger partial charge is 0.427 e. The molecule has 186 valence electrons. The fourth-order valence-corrected chi connectivity index (χ4v) is 5.96. The number of hydrogen-bond acceptors (Lipinski definition) is 6. The Morgan fingerprint density at radius 3 is 2.47 bits per heavy atom. The second-order valence-electron chi connectivity index (χ2n) is 9.36. The molecule has 10 nitrogen and oxygen atoms in total. The van der Waals surface area contributed by atoms with Crippen molar-refractivity contribution in [2.24, 2.45) is 17.6 Å². The van der Waals surface area contributed by atoms with Crippen LogP contribution in [0.25, 0.3) is 0 Å². The van der Waals surface area contributed by atoms with Crippen molar-refractivity contribution in [2.75, 3.05) is 10.2 Å². The molecule has 2 aromatic rings. The van der Waals surface area contributed by atoms with Gasteiger partial charge in [0.05, 0.1) is 11.4 Å². The highest BCUT2D eigenvalue weighted by Gasteiger charge is 2.74. The molecule has 3 aliphatic heterocycles. The van der Waals surface area contributed by atoms with Crippen LogP contribution >= 0.6 is 11.6 Å². The van der Waals surface area contributed by atoms with E-state index in [1.165, 1.54) is 31.2 Å². The minimum absolute atomic E-state index is 0.00708. The number of carbonyl (C=O) groups is 5. The summed E-state index contributed by atoms with van der Waals surface area (Å²) in [6.45, 7) is 3.04. The van der Waals surface area contributed by atoms with E-state index in [0.717, 1.165) is 4.90 Å². The standard InChI is InChI=1S/C25H23ClN4O6/c1-11-16(26)8-7-15-21(11)28-24(35)25(15)20-19(17(29-25)9-10-18(27)32)22(33)30(23(20)34)13-3-5-14(6-4-13)36-12(2)31/h3-8,17,19-20,29H,9-10H2,1-2H3,(H2,27,32)(H,28,35)/p+1/t17-,19+,20-,25+/m0/s1. The zero-order chi connectivity index (χ0) is 25.9. The molecule has 4 amide bonds. The molecule has 3 heterocycles. The molecule has 5 N–H and O–H groups in total. The number of nitrogens with two attached hydrogens (primary N) is 2. The normalized spacial score (nSPS) is 26.2. The Balaban J connectivity index is 1.60. The summed E-state index contributed by atoms with van der Waals surface area (Å²) in [6.07, 6.45) is 0.235. The van der Waals surface area contributed by atoms with Crippen molar-refractivity contribution < 1.29 is 34.0 Å². The van der Waals surface area contributed by atoms with Crippen LogP contribution in [0.3, 0.4) is 0 Å². The Kier molecular flexibility index (Phi) is 5.60.